The van der Waals surface area contributed by atoms with E-state index in [1.54, 1.807) is 12.4 Å². The molecule has 0 bridgehead atoms. The Morgan fingerprint density at radius 2 is 1.80 bits per heavy atom. The van der Waals surface area contributed by atoms with E-state index < -0.39 is 10.0 Å². The topological polar surface area (TPSA) is 105 Å². The molecule has 0 spiro atoms. The van der Waals surface area contributed by atoms with Crippen molar-refractivity contribution in [2.75, 3.05) is 23.7 Å². The Balaban J connectivity index is 1.75. The van der Waals surface area contributed by atoms with Crippen LogP contribution in [0, 0.1) is 11.8 Å². The summed E-state index contributed by atoms with van der Waals surface area (Å²) in [5.41, 5.74) is 2.21. The summed E-state index contributed by atoms with van der Waals surface area (Å²) in [4.78, 5) is 17.8. The van der Waals surface area contributed by atoms with Crippen molar-refractivity contribution in [1.82, 2.24) is 10.3 Å². The Bertz CT molecular complexity index is 885. The number of amides is 1. The molecule has 2 heterocycles. The highest BCUT2D eigenvalue weighted by Gasteiger charge is 2.33. The smallest absolute Gasteiger partial charge is 0.209 e. The van der Waals surface area contributed by atoms with Crippen LogP contribution in [0.3, 0.4) is 0 Å². The molecule has 0 saturated carbocycles. The maximum atomic E-state index is 11.4. The van der Waals surface area contributed by atoms with E-state index >= 15 is 0 Å². The van der Waals surface area contributed by atoms with Crippen LogP contribution in [0.5, 0.6) is 0 Å². The Morgan fingerprint density at radius 3 is 2.40 bits per heavy atom. The molecule has 3 rings (SSSR count). The molecule has 8 heteroatoms. The second-order valence-electron chi connectivity index (χ2n) is 7.88. The fraction of sp³-hybridized carbons (Fsp3) is 0.455. The number of hydrogen-bond donors (Lipinski definition) is 2. The molecule has 1 aliphatic heterocycles. The summed E-state index contributed by atoms with van der Waals surface area (Å²) in [5.74, 6) is 0.474. The molecule has 1 aromatic carbocycles. The Hall–Kier alpha value is -2.45. The average Bonchev–Trinajstić information content (AvgIpc) is 2.76. The number of pyridine rings is 1. The van der Waals surface area contributed by atoms with Crippen molar-refractivity contribution in [2.24, 2.45) is 17.0 Å². The first-order chi connectivity index (χ1) is 14.5. The van der Waals surface area contributed by atoms with E-state index in [4.69, 9.17) is 5.14 Å². The van der Waals surface area contributed by atoms with Crippen LogP contribution in [0.1, 0.15) is 37.3 Å². The second-order valence-corrected chi connectivity index (χ2v) is 9.61. The predicted molar refractivity (Wildman–Crippen MR) is 118 cm³/mol. The standard InChI is InChI=1S/C22H30N4O3S/c23-30(28,29)16-4-7-21(22(25-17-27)19-5-2-1-3-6-19)18-10-14-26(15-11-18)20-8-12-24-13-9-20/h1-3,5-6,8-9,12-13,17-18,21-22H,4,7,10-11,14-16H2,(H,25,27)(H2,23,28,29). The van der Waals surface area contributed by atoms with Gasteiger partial charge in [-0.1, -0.05) is 30.3 Å². The third-order valence-corrected chi connectivity index (χ3v) is 6.83. The van der Waals surface area contributed by atoms with Crippen molar-refractivity contribution in [3.8, 4) is 0 Å². The first-order valence-electron chi connectivity index (χ1n) is 10.4. The first kappa shape index (κ1) is 22.2. The molecule has 1 aliphatic rings. The van der Waals surface area contributed by atoms with Gasteiger partial charge in [0, 0.05) is 31.2 Å². The maximum absolute atomic E-state index is 11.4. The lowest BCUT2D eigenvalue weighted by Gasteiger charge is -2.40. The zero-order valence-corrected chi connectivity index (χ0v) is 17.9. The highest BCUT2D eigenvalue weighted by atomic mass is 32.2. The molecule has 1 saturated heterocycles. The highest BCUT2D eigenvalue weighted by Crippen LogP contribution is 2.38. The fourth-order valence-electron chi connectivity index (χ4n) is 4.54. The van der Waals surface area contributed by atoms with Crippen LogP contribution >= 0.6 is 0 Å². The molecule has 1 aromatic heterocycles. The van der Waals surface area contributed by atoms with Crippen LogP contribution in [0.2, 0.25) is 0 Å². The van der Waals surface area contributed by atoms with Crippen LogP contribution in [0.15, 0.2) is 54.9 Å². The second kappa shape index (κ2) is 10.5. The van der Waals surface area contributed by atoms with Crippen LogP contribution in [0.25, 0.3) is 0 Å². The van der Waals surface area contributed by atoms with Gasteiger partial charge in [0.25, 0.3) is 0 Å². The van der Waals surface area contributed by atoms with Gasteiger partial charge < -0.3 is 10.2 Å². The van der Waals surface area contributed by atoms with Gasteiger partial charge in [-0.3, -0.25) is 9.78 Å². The van der Waals surface area contributed by atoms with Gasteiger partial charge in [0.15, 0.2) is 0 Å². The number of aromatic nitrogens is 1. The Labute approximate surface area is 178 Å². The summed E-state index contributed by atoms with van der Waals surface area (Å²) in [5, 5.41) is 8.22. The highest BCUT2D eigenvalue weighted by molar-refractivity contribution is 7.89. The van der Waals surface area contributed by atoms with Gasteiger partial charge in [-0.2, -0.15) is 0 Å². The summed E-state index contributed by atoms with van der Waals surface area (Å²) in [6.07, 6.45) is 7.48. The number of piperidine rings is 1. The van der Waals surface area contributed by atoms with Gasteiger partial charge in [0.05, 0.1) is 11.8 Å². The molecule has 0 radical (unpaired) electrons. The molecule has 3 N–H and O–H groups in total. The minimum Gasteiger partial charge on any atom is -0.371 e. The molecule has 162 valence electrons. The van der Waals surface area contributed by atoms with E-state index in [0.29, 0.717) is 18.8 Å². The zero-order valence-electron chi connectivity index (χ0n) is 17.1. The average molecular weight is 431 g/mol. The zero-order chi connectivity index (χ0) is 21.4. The molecule has 1 amide bonds. The van der Waals surface area contributed by atoms with Gasteiger partial charge >= 0.3 is 0 Å². The van der Waals surface area contributed by atoms with Gasteiger partial charge in [-0.05, 0) is 55.2 Å². The number of rotatable bonds is 10. The van der Waals surface area contributed by atoms with E-state index in [9.17, 15) is 13.2 Å². The summed E-state index contributed by atoms with van der Waals surface area (Å²) in [7, 11) is -3.50. The summed E-state index contributed by atoms with van der Waals surface area (Å²) in [6.45, 7) is 1.84. The molecule has 2 atom stereocenters. The number of nitrogens with one attached hydrogen (secondary N) is 1. The first-order valence-corrected chi connectivity index (χ1v) is 12.1. The number of nitrogens with zero attached hydrogens (tertiary/aromatic N) is 2. The normalized spacial score (nSPS) is 17.3. The van der Waals surface area contributed by atoms with Crippen LogP contribution in [-0.2, 0) is 14.8 Å². The number of benzene rings is 1. The Morgan fingerprint density at radius 1 is 1.13 bits per heavy atom. The molecular formula is C22H30N4O3S. The van der Waals surface area contributed by atoms with Crippen molar-refractivity contribution in [1.29, 1.82) is 0 Å². The summed E-state index contributed by atoms with van der Waals surface area (Å²) >= 11 is 0. The summed E-state index contributed by atoms with van der Waals surface area (Å²) < 4.78 is 22.9. The molecule has 7 nitrogen and oxygen atoms in total. The molecule has 2 unspecified atom stereocenters. The largest absolute Gasteiger partial charge is 0.371 e. The van der Waals surface area contributed by atoms with Crippen molar-refractivity contribution < 1.29 is 13.2 Å². The molecular weight excluding hydrogens is 400 g/mol. The van der Waals surface area contributed by atoms with Gasteiger partial charge in [-0.25, -0.2) is 13.6 Å². The number of anilines is 1. The van der Waals surface area contributed by atoms with Crippen LogP contribution < -0.4 is 15.4 Å². The van der Waals surface area contributed by atoms with E-state index in [1.807, 2.05) is 42.5 Å². The minimum atomic E-state index is -3.50. The third-order valence-electron chi connectivity index (χ3n) is 5.97. The lowest BCUT2D eigenvalue weighted by atomic mass is 9.75. The third kappa shape index (κ3) is 6.27. The van der Waals surface area contributed by atoms with Crippen molar-refractivity contribution >= 4 is 22.1 Å². The van der Waals surface area contributed by atoms with Gasteiger partial charge in [0.2, 0.25) is 16.4 Å². The van der Waals surface area contributed by atoms with E-state index in [0.717, 1.165) is 37.9 Å². The predicted octanol–water partition coefficient (Wildman–Crippen LogP) is 2.47. The maximum Gasteiger partial charge on any atom is 0.209 e. The number of primary sulfonamides is 1. The Kier molecular flexibility index (Phi) is 7.81. The lowest BCUT2D eigenvalue weighted by Crippen LogP contribution is -2.40. The van der Waals surface area contributed by atoms with Gasteiger partial charge in [0.1, 0.15) is 0 Å². The molecule has 0 aliphatic carbocycles. The molecule has 30 heavy (non-hydrogen) atoms. The quantitative estimate of drug-likeness (QED) is 0.563. The molecule has 2 aromatic rings. The number of sulfonamides is 1. The van der Waals surface area contributed by atoms with E-state index in [2.05, 4.69) is 15.2 Å². The number of hydrogen-bond acceptors (Lipinski definition) is 5. The number of carbonyl (C=O) groups excluding carboxylic acids is 1. The molecule has 1 fully saturated rings. The monoisotopic (exact) mass is 430 g/mol. The fourth-order valence-corrected chi connectivity index (χ4v) is 5.11. The van der Waals surface area contributed by atoms with Crippen molar-refractivity contribution in [3.05, 3.63) is 60.4 Å². The SMILES string of the molecule is NS(=O)(=O)CCCC(C1CCN(c2ccncc2)CC1)C(NC=O)c1ccccc1. The van der Waals surface area contributed by atoms with Crippen LogP contribution in [0.4, 0.5) is 5.69 Å². The minimum absolute atomic E-state index is 0.0397. The number of carbonyl (C=O) groups is 1. The van der Waals surface area contributed by atoms with Crippen LogP contribution in [-0.4, -0.2) is 38.7 Å². The van der Waals surface area contributed by atoms with Crippen molar-refractivity contribution in [3.63, 3.8) is 0 Å². The summed E-state index contributed by atoms with van der Waals surface area (Å²) in [6, 6.07) is 13.8. The van der Waals surface area contributed by atoms with E-state index in [1.165, 1.54) is 5.69 Å². The number of nitrogens with two attached hydrogens (primary N) is 1. The van der Waals surface area contributed by atoms with E-state index in [-0.39, 0.29) is 17.7 Å². The lowest BCUT2D eigenvalue weighted by molar-refractivity contribution is -0.110. The van der Waals surface area contributed by atoms with Crippen molar-refractivity contribution in [2.45, 2.75) is 31.7 Å². The van der Waals surface area contributed by atoms with Gasteiger partial charge in [-0.15, -0.1) is 0 Å².